The van der Waals surface area contributed by atoms with Crippen molar-refractivity contribution in [1.29, 1.82) is 0 Å². The second-order valence-electron chi connectivity index (χ2n) is 5.83. The summed E-state index contributed by atoms with van der Waals surface area (Å²) in [4.78, 5) is 12.9. The van der Waals surface area contributed by atoms with E-state index in [2.05, 4.69) is 5.10 Å². The van der Waals surface area contributed by atoms with Gasteiger partial charge >= 0.3 is 0 Å². The van der Waals surface area contributed by atoms with Crippen LogP contribution in [-0.2, 0) is 16.6 Å². The SMILES string of the molecule is CN1c2ccccc2C(=O)c2cnn(Cc3ccccc3)c2S1(=O)=O. The van der Waals surface area contributed by atoms with Crippen LogP contribution in [0.4, 0.5) is 5.69 Å². The van der Waals surface area contributed by atoms with Crippen molar-refractivity contribution >= 4 is 21.5 Å². The zero-order valence-electron chi connectivity index (χ0n) is 13.5. The third-order valence-electron chi connectivity index (χ3n) is 4.30. The topological polar surface area (TPSA) is 72.3 Å². The largest absolute Gasteiger partial charge is 0.288 e. The van der Waals surface area contributed by atoms with Crippen LogP contribution in [0, 0.1) is 0 Å². The number of rotatable bonds is 2. The number of hydrogen-bond donors (Lipinski definition) is 0. The number of sulfonamides is 1. The monoisotopic (exact) mass is 353 g/mol. The summed E-state index contributed by atoms with van der Waals surface area (Å²) < 4.78 is 28.8. The van der Waals surface area contributed by atoms with Gasteiger partial charge in [0.25, 0.3) is 10.0 Å². The van der Waals surface area contributed by atoms with Gasteiger partial charge < -0.3 is 0 Å². The van der Waals surface area contributed by atoms with Crippen LogP contribution in [0.2, 0.25) is 0 Å². The first-order valence-corrected chi connectivity index (χ1v) is 9.16. The second kappa shape index (κ2) is 5.56. The number of para-hydroxylation sites is 1. The van der Waals surface area contributed by atoms with Crippen molar-refractivity contribution in [2.75, 3.05) is 11.4 Å². The van der Waals surface area contributed by atoms with Crippen LogP contribution in [0.25, 0.3) is 0 Å². The summed E-state index contributed by atoms with van der Waals surface area (Å²) in [7, 11) is -2.44. The maximum Gasteiger partial charge on any atom is 0.282 e. The molecule has 0 amide bonds. The molecule has 7 heteroatoms. The van der Waals surface area contributed by atoms with Crippen LogP contribution in [0.3, 0.4) is 0 Å². The van der Waals surface area contributed by atoms with Crippen LogP contribution in [0.1, 0.15) is 21.5 Å². The summed E-state index contributed by atoms with van der Waals surface area (Å²) in [5.41, 5.74) is 1.73. The number of nitrogens with zero attached hydrogens (tertiary/aromatic N) is 3. The van der Waals surface area contributed by atoms with Crippen molar-refractivity contribution in [3.63, 3.8) is 0 Å². The molecule has 1 aliphatic rings. The Balaban J connectivity index is 1.93. The van der Waals surface area contributed by atoms with Crippen LogP contribution in [0.15, 0.2) is 65.8 Å². The maximum atomic E-state index is 13.1. The molecule has 0 unspecified atom stereocenters. The number of carbonyl (C=O) groups is 1. The smallest absolute Gasteiger partial charge is 0.282 e. The van der Waals surface area contributed by atoms with Crippen molar-refractivity contribution in [3.8, 4) is 0 Å². The third-order valence-corrected chi connectivity index (χ3v) is 6.14. The molecule has 0 fully saturated rings. The summed E-state index contributed by atoms with van der Waals surface area (Å²) in [5.74, 6) is -0.335. The Morgan fingerprint density at radius 2 is 1.64 bits per heavy atom. The zero-order chi connectivity index (χ0) is 17.6. The van der Waals surface area contributed by atoms with E-state index in [-0.39, 0.29) is 22.9 Å². The van der Waals surface area contributed by atoms with Crippen LogP contribution < -0.4 is 4.31 Å². The lowest BCUT2D eigenvalue weighted by molar-refractivity contribution is 0.103. The molecule has 0 bridgehead atoms. The fourth-order valence-corrected chi connectivity index (χ4v) is 4.49. The quantitative estimate of drug-likeness (QED) is 0.709. The lowest BCUT2D eigenvalue weighted by Crippen LogP contribution is -2.29. The van der Waals surface area contributed by atoms with Gasteiger partial charge in [0, 0.05) is 12.6 Å². The van der Waals surface area contributed by atoms with Crippen molar-refractivity contribution in [3.05, 3.63) is 77.5 Å². The fourth-order valence-electron chi connectivity index (χ4n) is 3.02. The molecular weight excluding hydrogens is 338 g/mol. The molecule has 0 atom stereocenters. The number of anilines is 1. The van der Waals surface area contributed by atoms with E-state index < -0.39 is 10.0 Å². The summed E-state index contributed by atoms with van der Waals surface area (Å²) in [6.45, 7) is 0.271. The third kappa shape index (κ3) is 2.35. The molecular formula is C18H15N3O3S. The Hall–Kier alpha value is -2.93. The first kappa shape index (κ1) is 15.6. The maximum absolute atomic E-state index is 13.1. The van der Waals surface area contributed by atoms with Gasteiger partial charge in [0.2, 0.25) is 0 Å². The molecule has 6 nitrogen and oxygen atoms in total. The van der Waals surface area contributed by atoms with Gasteiger partial charge in [0.1, 0.15) is 0 Å². The first-order valence-electron chi connectivity index (χ1n) is 7.72. The molecule has 1 aromatic heterocycles. The van der Waals surface area contributed by atoms with E-state index in [9.17, 15) is 13.2 Å². The number of hydrogen-bond acceptors (Lipinski definition) is 4. The average Bonchev–Trinajstić information content (AvgIpc) is 3.03. The van der Waals surface area contributed by atoms with Crippen molar-refractivity contribution in [2.45, 2.75) is 11.6 Å². The summed E-state index contributed by atoms with van der Waals surface area (Å²) in [5, 5.41) is 4.11. The van der Waals surface area contributed by atoms with Gasteiger partial charge in [-0.2, -0.15) is 13.5 Å². The normalized spacial score (nSPS) is 15.4. The van der Waals surface area contributed by atoms with Gasteiger partial charge in [-0.1, -0.05) is 42.5 Å². The Morgan fingerprint density at radius 1 is 0.960 bits per heavy atom. The molecule has 1 aliphatic heterocycles. The van der Waals surface area contributed by atoms with Gasteiger partial charge in [0.05, 0.1) is 24.0 Å². The van der Waals surface area contributed by atoms with Gasteiger partial charge in [-0.3, -0.25) is 9.10 Å². The molecule has 0 saturated carbocycles. The molecule has 2 heterocycles. The van der Waals surface area contributed by atoms with Gasteiger partial charge in [-0.15, -0.1) is 0 Å². The predicted molar refractivity (Wildman–Crippen MR) is 93.2 cm³/mol. The summed E-state index contributed by atoms with van der Waals surface area (Å²) in [6, 6.07) is 16.1. The van der Waals surface area contributed by atoms with Gasteiger partial charge in [-0.25, -0.2) is 4.68 Å². The second-order valence-corrected chi connectivity index (χ2v) is 7.71. The fraction of sp³-hybridized carbons (Fsp3) is 0.111. The van der Waals surface area contributed by atoms with E-state index in [0.29, 0.717) is 11.3 Å². The molecule has 4 rings (SSSR count). The highest BCUT2D eigenvalue weighted by atomic mass is 32.2. The van der Waals surface area contributed by atoms with Crippen molar-refractivity contribution in [2.24, 2.45) is 0 Å². The minimum atomic E-state index is -3.90. The van der Waals surface area contributed by atoms with Crippen molar-refractivity contribution < 1.29 is 13.2 Å². The van der Waals surface area contributed by atoms with Gasteiger partial charge in [0.15, 0.2) is 10.8 Å². The number of benzene rings is 2. The minimum absolute atomic E-state index is 0.0694. The molecule has 2 aromatic carbocycles. The number of fused-ring (bicyclic) bond motifs is 2. The molecule has 0 radical (unpaired) electrons. The Bertz CT molecular complexity index is 1070. The Labute approximate surface area is 145 Å². The average molecular weight is 353 g/mol. The van der Waals surface area contributed by atoms with Crippen LogP contribution in [-0.4, -0.2) is 31.0 Å². The summed E-state index contributed by atoms with van der Waals surface area (Å²) in [6.07, 6.45) is 1.34. The molecule has 0 aliphatic carbocycles. The number of carbonyl (C=O) groups excluding carboxylic acids is 1. The lowest BCUT2D eigenvalue weighted by atomic mass is 10.0. The highest BCUT2D eigenvalue weighted by molar-refractivity contribution is 7.92. The standard InChI is InChI=1S/C18H15N3O3S/c1-20-16-10-6-5-9-14(16)17(22)15-11-19-21(18(15)25(20,23)24)12-13-7-3-2-4-8-13/h2-11H,12H2,1H3. The predicted octanol–water partition coefficient (Wildman–Crippen LogP) is 2.30. The molecule has 3 aromatic rings. The molecule has 0 saturated heterocycles. The molecule has 126 valence electrons. The highest BCUT2D eigenvalue weighted by Gasteiger charge is 2.37. The first-order chi connectivity index (χ1) is 12.0. The van der Waals surface area contributed by atoms with E-state index in [1.807, 2.05) is 30.3 Å². The van der Waals surface area contributed by atoms with Crippen molar-refractivity contribution in [1.82, 2.24) is 9.78 Å². The zero-order valence-corrected chi connectivity index (χ0v) is 14.3. The molecule has 0 spiro atoms. The van der Waals surface area contributed by atoms with E-state index in [0.717, 1.165) is 9.87 Å². The van der Waals surface area contributed by atoms with Crippen LogP contribution >= 0.6 is 0 Å². The molecule has 25 heavy (non-hydrogen) atoms. The highest BCUT2D eigenvalue weighted by Crippen LogP contribution is 2.34. The van der Waals surface area contributed by atoms with Gasteiger partial charge in [-0.05, 0) is 17.7 Å². The van der Waals surface area contributed by atoms with E-state index in [1.54, 1.807) is 24.3 Å². The Kier molecular flexibility index (Phi) is 3.47. The van der Waals surface area contributed by atoms with E-state index in [1.165, 1.54) is 17.9 Å². The number of aromatic nitrogens is 2. The number of ketones is 1. The van der Waals surface area contributed by atoms with E-state index in [4.69, 9.17) is 0 Å². The molecule has 0 N–H and O–H groups in total. The minimum Gasteiger partial charge on any atom is -0.288 e. The Morgan fingerprint density at radius 3 is 2.40 bits per heavy atom. The van der Waals surface area contributed by atoms with Crippen LogP contribution in [0.5, 0.6) is 0 Å². The summed E-state index contributed by atoms with van der Waals surface area (Å²) >= 11 is 0. The lowest BCUT2D eigenvalue weighted by Gasteiger charge is -2.19. The van der Waals surface area contributed by atoms with E-state index >= 15 is 0 Å².